The van der Waals surface area contributed by atoms with E-state index in [2.05, 4.69) is 11.1 Å². The molecule has 0 unspecified atom stereocenters. The zero-order chi connectivity index (χ0) is 22.1. The Morgan fingerprint density at radius 2 is 1.84 bits per heavy atom. The zero-order valence-corrected chi connectivity index (χ0v) is 18.2. The van der Waals surface area contributed by atoms with Crippen LogP contribution in [0.5, 0.6) is 5.75 Å². The van der Waals surface area contributed by atoms with Crippen LogP contribution in [0.3, 0.4) is 0 Å². The van der Waals surface area contributed by atoms with E-state index >= 15 is 4.39 Å². The smallest absolute Gasteiger partial charge is 0.167 e. The summed E-state index contributed by atoms with van der Waals surface area (Å²) in [5.41, 5.74) is 2.87. The highest BCUT2D eigenvalue weighted by atomic mass is 35.5. The van der Waals surface area contributed by atoms with Crippen molar-refractivity contribution in [1.82, 2.24) is 9.55 Å². The van der Waals surface area contributed by atoms with Gasteiger partial charge in [0.1, 0.15) is 17.6 Å². The second-order valence-electron chi connectivity index (χ2n) is 6.87. The molecule has 4 nitrogen and oxygen atoms in total. The Balaban J connectivity index is 2.17. The molecule has 0 saturated carbocycles. The minimum absolute atomic E-state index is 0.0380. The minimum atomic E-state index is -0.623. The maximum Gasteiger partial charge on any atom is 0.167 e. The molecular weight excluding hydrogens is 436 g/mol. The predicted molar refractivity (Wildman–Crippen MR) is 120 cm³/mol. The molecule has 0 amide bonds. The van der Waals surface area contributed by atoms with Crippen molar-refractivity contribution in [1.29, 1.82) is 5.26 Å². The third kappa shape index (κ3) is 3.76. The van der Waals surface area contributed by atoms with E-state index in [0.717, 1.165) is 11.1 Å². The monoisotopic (exact) mass is 451 g/mol. The third-order valence-electron chi connectivity index (χ3n) is 4.85. The van der Waals surface area contributed by atoms with Crippen LogP contribution in [0.1, 0.15) is 11.3 Å². The van der Waals surface area contributed by atoms with Gasteiger partial charge in [0.05, 0.1) is 23.5 Å². The van der Waals surface area contributed by atoms with Crippen molar-refractivity contribution in [2.24, 2.45) is 0 Å². The first-order valence-corrected chi connectivity index (χ1v) is 10.1. The average molecular weight is 452 g/mol. The van der Waals surface area contributed by atoms with E-state index in [1.165, 1.54) is 13.2 Å². The molecular formula is C24H16Cl2FN3O. The summed E-state index contributed by atoms with van der Waals surface area (Å²) in [4.78, 5) is 4.56. The van der Waals surface area contributed by atoms with Crippen molar-refractivity contribution in [3.05, 3.63) is 87.8 Å². The maximum absolute atomic E-state index is 15.2. The summed E-state index contributed by atoms with van der Waals surface area (Å²) in [5, 5.41) is 10.3. The molecule has 0 aliphatic carbocycles. The van der Waals surface area contributed by atoms with Gasteiger partial charge in [-0.25, -0.2) is 9.37 Å². The largest absolute Gasteiger partial charge is 0.496 e. The SMILES string of the molecule is COc1ccc(Cl)cc1-c1c(C#N)nc(-c2cccc(C)c2)n1-c1cccc(Cl)c1F. The van der Waals surface area contributed by atoms with Gasteiger partial charge in [-0.05, 0) is 43.3 Å². The Hall–Kier alpha value is -3.33. The Labute approximate surface area is 189 Å². The van der Waals surface area contributed by atoms with Crippen LogP contribution in [0, 0.1) is 24.1 Å². The molecule has 1 aromatic heterocycles. The normalized spacial score (nSPS) is 10.7. The topological polar surface area (TPSA) is 50.8 Å². The van der Waals surface area contributed by atoms with Gasteiger partial charge >= 0.3 is 0 Å². The van der Waals surface area contributed by atoms with Gasteiger partial charge in [-0.15, -0.1) is 0 Å². The molecule has 0 bridgehead atoms. The van der Waals surface area contributed by atoms with Crippen LogP contribution >= 0.6 is 23.2 Å². The molecule has 0 saturated heterocycles. The molecule has 0 aliphatic rings. The Kier molecular flexibility index (Phi) is 5.69. The summed E-state index contributed by atoms with van der Waals surface area (Å²) in [6.45, 7) is 1.95. The number of nitrogens with zero attached hydrogens (tertiary/aromatic N) is 3. The number of methoxy groups -OCH3 is 1. The molecule has 0 radical (unpaired) electrons. The van der Waals surface area contributed by atoms with Crippen LogP contribution in [0.2, 0.25) is 10.0 Å². The molecule has 0 fully saturated rings. The maximum atomic E-state index is 15.2. The molecule has 0 N–H and O–H groups in total. The first-order chi connectivity index (χ1) is 14.9. The number of halogens is 3. The second-order valence-corrected chi connectivity index (χ2v) is 7.71. The molecule has 154 valence electrons. The van der Waals surface area contributed by atoms with Gasteiger partial charge in [-0.1, -0.05) is 53.0 Å². The van der Waals surface area contributed by atoms with E-state index in [1.54, 1.807) is 34.9 Å². The number of nitriles is 1. The minimum Gasteiger partial charge on any atom is -0.496 e. The van der Waals surface area contributed by atoms with Gasteiger partial charge in [-0.2, -0.15) is 5.26 Å². The van der Waals surface area contributed by atoms with E-state index in [0.29, 0.717) is 27.9 Å². The summed E-state index contributed by atoms with van der Waals surface area (Å²) in [6.07, 6.45) is 0. The van der Waals surface area contributed by atoms with E-state index in [9.17, 15) is 5.26 Å². The molecule has 7 heteroatoms. The summed E-state index contributed by atoms with van der Waals surface area (Å²) in [5.74, 6) is 0.251. The van der Waals surface area contributed by atoms with Gasteiger partial charge < -0.3 is 4.74 Å². The Morgan fingerprint density at radius 3 is 2.55 bits per heavy atom. The molecule has 31 heavy (non-hydrogen) atoms. The van der Waals surface area contributed by atoms with E-state index in [1.807, 2.05) is 31.2 Å². The van der Waals surface area contributed by atoms with Gasteiger partial charge in [0, 0.05) is 16.1 Å². The van der Waals surface area contributed by atoms with E-state index in [4.69, 9.17) is 27.9 Å². The van der Waals surface area contributed by atoms with Crippen molar-refractivity contribution >= 4 is 23.2 Å². The number of ether oxygens (including phenoxy) is 1. The van der Waals surface area contributed by atoms with Crippen molar-refractivity contribution in [3.63, 3.8) is 0 Å². The number of imidazole rings is 1. The van der Waals surface area contributed by atoms with Crippen molar-refractivity contribution < 1.29 is 9.13 Å². The highest BCUT2D eigenvalue weighted by Crippen LogP contribution is 2.40. The predicted octanol–water partition coefficient (Wildman–Crippen LogP) is 6.84. The number of hydrogen-bond donors (Lipinski definition) is 0. The summed E-state index contributed by atoms with van der Waals surface area (Å²) < 4.78 is 22.3. The number of rotatable bonds is 4. The van der Waals surface area contributed by atoms with Crippen LogP contribution in [0.4, 0.5) is 4.39 Å². The quantitative estimate of drug-likeness (QED) is 0.341. The molecule has 1 heterocycles. The average Bonchev–Trinajstić information content (AvgIpc) is 3.15. The van der Waals surface area contributed by atoms with Gasteiger partial charge in [-0.3, -0.25) is 4.57 Å². The lowest BCUT2D eigenvalue weighted by Gasteiger charge is -2.16. The lowest BCUT2D eigenvalue weighted by atomic mass is 10.1. The van der Waals surface area contributed by atoms with Crippen LogP contribution in [0.15, 0.2) is 60.7 Å². The van der Waals surface area contributed by atoms with Crippen molar-refractivity contribution in [2.75, 3.05) is 7.11 Å². The third-order valence-corrected chi connectivity index (χ3v) is 5.38. The lowest BCUT2D eigenvalue weighted by molar-refractivity contribution is 0.416. The van der Waals surface area contributed by atoms with Crippen molar-refractivity contribution in [3.8, 4) is 40.2 Å². The number of aromatic nitrogens is 2. The van der Waals surface area contributed by atoms with Crippen LogP contribution in [-0.4, -0.2) is 16.7 Å². The molecule has 3 aromatic carbocycles. The standard InChI is InChI=1S/C24H16Cl2FN3O/c1-14-5-3-6-15(11-14)24-29-19(13-28)23(17-12-16(25)9-10-21(17)31-2)30(24)20-8-4-7-18(26)22(20)27/h3-12H,1-2H3. The number of benzene rings is 3. The Bertz CT molecular complexity index is 1340. The van der Waals surface area contributed by atoms with Gasteiger partial charge in [0.2, 0.25) is 0 Å². The molecule has 0 atom stereocenters. The van der Waals surface area contributed by atoms with Gasteiger partial charge in [0.15, 0.2) is 11.5 Å². The summed E-state index contributed by atoms with van der Waals surface area (Å²) >= 11 is 12.3. The summed E-state index contributed by atoms with van der Waals surface area (Å²) in [6, 6.07) is 19.5. The fraction of sp³-hybridized carbons (Fsp3) is 0.0833. The zero-order valence-electron chi connectivity index (χ0n) is 16.7. The summed E-state index contributed by atoms with van der Waals surface area (Å²) in [7, 11) is 1.51. The molecule has 0 spiro atoms. The fourth-order valence-electron chi connectivity index (χ4n) is 3.49. The van der Waals surface area contributed by atoms with Crippen molar-refractivity contribution in [2.45, 2.75) is 6.92 Å². The first kappa shape index (κ1) is 20.9. The Morgan fingerprint density at radius 1 is 1.06 bits per heavy atom. The van der Waals surface area contributed by atoms with Crippen LogP contribution in [-0.2, 0) is 0 Å². The van der Waals surface area contributed by atoms with Gasteiger partial charge in [0.25, 0.3) is 0 Å². The van der Waals surface area contributed by atoms with Crippen LogP contribution in [0.25, 0.3) is 28.3 Å². The molecule has 4 aromatic rings. The lowest BCUT2D eigenvalue weighted by Crippen LogP contribution is -2.04. The number of aryl methyl sites for hydroxylation is 1. The molecule has 0 aliphatic heterocycles. The first-order valence-electron chi connectivity index (χ1n) is 9.32. The fourth-order valence-corrected chi connectivity index (χ4v) is 3.83. The highest BCUT2D eigenvalue weighted by molar-refractivity contribution is 6.31. The highest BCUT2D eigenvalue weighted by Gasteiger charge is 2.26. The van der Waals surface area contributed by atoms with E-state index in [-0.39, 0.29) is 16.4 Å². The van der Waals surface area contributed by atoms with E-state index < -0.39 is 5.82 Å². The van der Waals surface area contributed by atoms with Crippen LogP contribution < -0.4 is 4.74 Å². The molecule has 4 rings (SSSR count). The number of hydrogen-bond acceptors (Lipinski definition) is 3. The second kappa shape index (κ2) is 8.43.